The predicted octanol–water partition coefficient (Wildman–Crippen LogP) is 4.41. The van der Waals surface area contributed by atoms with Crippen molar-refractivity contribution in [1.82, 2.24) is 10.4 Å². The Balaban J connectivity index is 1.28. The average molecular weight is 620 g/mol. The molecular weight excluding hydrogens is 578 g/mol. The smallest absolute Gasteiger partial charge is 0.243 e. The van der Waals surface area contributed by atoms with Crippen molar-refractivity contribution in [2.24, 2.45) is 0 Å². The van der Waals surface area contributed by atoms with Gasteiger partial charge in [-0.15, -0.1) is 0 Å². The first-order valence-corrected chi connectivity index (χ1v) is 15.2. The largest absolute Gasteiger partial charge is 0.493 e. The first-order chi connectivity index (χ1) is 21.9. The molecule has 0 aliphatic carbocycles. The van der Waals surface area contributed by atoms with Crippen LogP contribution >= 0.6 is 0 Å². The summed E-state index contributed by atoms with van der Waals surface area (Å²) in [4.78, 5) is 25.9. The highest BCUT2D eigenvalue weighted by Gasteiger charge is 2.34. The van der Waals surface area contributed by atoms with Crippen molar-refractivity contribution in [3.05, 3.63) is 88.5 Å². The number of hydrogen-bond donors (Lipinski definition) is 4. The van der Waals surface area contributed by atoms with Crippen LogP contribution in [0.1, 0.15) is 65.9 Å². The fraction of sp³-hybridized carbons (Fsp3) is 0.412. The van der Waals surface area contributed by atoms with Gasteiger partial charge in [-0.3, -0.25) is 19.7 Å². The molecule has 0 unspecified atom stereocenters. The van der Waals surface area contributed by atoms with E-state index in [2.05, 4.69) is 22.3 Å². The number of benzene rings is 3. The molecule has 2 amide bonds. The molecule has 240 valence electrons. The zero-order valence-corrected chi connectivity index (χ0v) is 25.7. The summed E-state index contributed by atoms with van der Waals surface area (Å²) < 4.78 is 24.1. The maximum Gasteiger partial charge on any atom is 0.243 e. The minimum Gasteiger partial charge on any atom is -0.493 e. The molecule has 2 aliphatic rings. The molecule has 3 aromatic rings. The third kappa shape index (κ3) is 8.38. The second-order valence-corrected chi connectivity index (χ2v) is 11.4. The molecule has 1 fully saturated rings. The highest BCUT2D eigenvalue weighted by atomic mass is 16.7. The molecule has 3 atom stereocenters. The van der Waals surface area contributed by atoms with Crippen LogP contribution in [0.15, 0.2) is 60.7 Å². The Morgan fingerprint density at radius 2 is 1.58 bits per heavy atom. The normalized spacial score (nSPS) is 19.8. The number of rotatable bonds is 12. The zero-order chi connectivity index (χ0) is 31.8. The summed E-state index contributed by atoms with van der Waals surface area (Å²) in [6.45, 7) is 2.37. The highest BCUT2D eigenvalue weighted by molar-refractivity contribution is 5.91. The number of nitrogens with one attached hydrogen (secondary N) is 2. The number of nitrogens with zero attached hydrogens (tertiary/aromatic N) is 1. The summed E-state index contributed by atoms with van der Waals surface area (Å²) in [5, 5.41) is 21.0. The van der Waals surface area contributed by atoms with E-state index in [1.165, 1.54) is 11.1 Å². The van der Waals surface area contributed by atoms with E-state index in [9.17, 15) is 14.7 Å². The average Bonchev–Trinajstić information content (AvgIpc) is 3.07. The molecule has 0 aromatic heterocycles. The van der Waals surface area contributed by atoms with Crippen LogP contribution in [0.25, 0.3) is 0 Å². The van der Waals surface area contributed by atoms with Crippen LogP contribution in [0, 0.1) is 0 Å². The Bertz CT molecular complexity index is 1450. The van der Waals surface area contributed by atoms with Crippen molar-refractivity contribution in [2.45, 2.75) is 63.8 Å². The van der Waals surface area contributed by atoms with Gasteiger partial charge < -0.3 is 29.4 Å². The van der Waals surface area contributed by atoms with E-state index in [1.54, 1.807) is 31.8 Å². The molecule has 2 heterocycles. The summed E-state index contributed by atoms with van der Waals surface area (Å²) in [5.41, 5.74) is 7.36. The van der Waals surface area contributed by atoms with Gasteiger partial charge in [-0.1, -0.05) is 36.4 Å². The van der Waals surface area contributed by atoms with E-state index in [0.717, 1.165) is 54.2 Å². The van der Waals surface area contributed by atoms with Crippen LogP contribution in [0.5, 0.6) is 11.5 Å². The Kier molecular flexibility index (Phi) is 11.0. The molecule has 0 saturated carbocycles. The van der Waals surface area contributed by atoms with E-state index >= 15 is 0 Å². The van der Waals surface area contributed by atoms with E-state index < -0.39 is 12.2 Å². The predicted molar refractivity (Wildman–Crippen MR) is 166 cm³/mol. The van der Waals surface area contributed by atoms with Gasteiger partial charge in [0.15, 0.2) is 17.8 Å². The number of aliphatic hydroxyl groups is 1. The van der Waals surface area contributed by atoms with E-state index in [1.807, 2.05) is 36.4 Å². The van der Waals surface area contributed by atoms with Gasteiger partial charge in [0.1, 0.15) is 0 Å². The van der Waals surface area contributed by atoms with Gasteiger partial charge in [0, 0.05) is 50.1 Å². The van der Waals surface area contributed by atoms with Gasteiger partial charge in [0.2, 0.25) is 11.8 Å². The van der Waals surface area contributed by atoms with Gasteiger partial charge >= 0.3 is 0 Å². The summed E-state index contributed by atoms with van der Waals surface area (Å²) in [5.74, 6) is 0.726. The van der Waals surface area contributed by atoms with E-state index in [-0.39, 0.29) is 37.6 Å². The van der Waals surface area contributed by atoms with Gasteiger partial charge in [0.25, 0.3) is 0 Å². The van der Waals surface area contributed by atoms with Crippen molar-refractivity contribution in [3.63, 3.8) is 0 Å². The van der Waals surface area contributed by atoms with Crippen molar-refractivity contribution in [2.75, 3.05) is 32.6 Å². The highest BCUT2D eigenvalue weighted by Crippen LogP contribution is 2.39. The lowest BCUT2D eigenvalue weighted by atomic mass is 9.97. The molecule has 1 saturated heterocycles. The number of hydroxylamine groups is 1. The molecule has 0 spiro atoms. The van der Waals surface area contributed by atoms with Crippen molar-refractivity contribution in [1.29, 1.82) is 0 Å². The molecule has 0 bridgehead atoms. The lowest BCUT2D eigenvalue weighted by molar-refractivity contribution is -0.253. The first kappa shape index (κ1) is 32.4. The monoisotopic (exact) mass is 619 g/mol. The second-order valence-electron chi connectivity index (χ2n) is 11.4. The van der Waals surface area contributed by atoms with Crippen molar-refractivity contribution in [3.8, 4) is 11.5 Å². The number of fused-ring (bicyclic) bond motifs is 1. The molecule has 2 aliphatic heterocycles. The molecule has 11 heteroatoms. The maximum atomic E-state index is 12.3. The van der Waals surface area contributed by atoms with Gasteiger partial charge in [0.05, 0.1) is 33.0 Å². The summed E-state index contributed by atoms with van der Waals surface area (Å²) >= 11 is 0. The van der Waals surface area contributed by atoms with Gasteiger partial charge in [-0.2, -0.15) is 0 Å². The SMILES string of the molecule is COc1cc2c(cc1OC)CN(C[C@H]1C[C@@H](c3ccc(CO)cc3)O[C@@H](c3ccc(NC(=O)CCCC(=O)NO)cc3)O1)CC2. The molecule has 45 heavy (non-hydrogen) atoms. The number of aliphatic hydroxyl groups excluding tert-OH is 1. The standard InChI is InChI=1S/C34H41N3O8/c1-42-30-16-25-14-15-37(19-26(25)17-31(30)43-2)20-28-18-29(23-8-6-22(21-38)7-9-23)45-34(44-28)24-10-12-27(13-11-24)35-32(39)4-3-5-33(40)36-41/h6-13,16-17,28-29,34,38,41H,3-5,14-15,18-21H2,1-2H3,(H,35,39)(H,36,40)/t28-,29+,34+/m1/s1. The Morgan fingerprint density at radius 1 is 0.911 bits per heavy atom. The molecule has 5 rings (SSSR count). The Morgan fingerprint density at radius 3 is 2.24 bits per heavy atom. The molecular formula is C34H41N3O8. The minimum atomic E-state index is -0.616. The van der Waals surface area contributed by atoms with Crippen LogP contribution in [0.2, 0.25) is 0 Å². The number of ether oxygens (including phenoxy) is 4. The van der Waals surface area contributed by atoms with Crippen LogP contribution in [0.3, 0.4) is 0 Å². The number of carbonyl (C=O) groups is 2. The van der Waals surface area contributed by atoms with Crippen LogP contribution in [-0.2, 0) is 38.6 Å². The van der Waals surface area contributed by atoms with Gasteiger partial charge in [-0.25, -0.2) is 5.48 Å². The number of methoxy groups -OCH3 is 2. The topological polar surface area (TPSA) is 139 Å². The third-order valence-electron chi connectivity index (χ3n) is 8.27. The Labute approximate surface area is 263 Å². The molecule has 11 nitrogen and oxygen atoms in total. The van der Waals surface area contributed by atoms with Crippen LogP contribution < -0.4 is 20.3 Å². The fourth-order valence-corrected chi connectivity index (χ4v) is 5.83. The summed E-state index contributed by atoms with van der Waals surface area (Å²) in [7, 11) is 3.30. The fourth-order valence-electron chi connectivity index (χ4n) is 5.83. The number of carbonyl (C=O) groups excluding carboxylic acids is 2. The van der Waals surface area contributed by atoms with Crippen molar-refractivity contribution < 1.29 is 38.9 Å². The quantitative estimate of drug-likeness (QED) is 0.172. The van der Waals surface area contributed by atoms with Crippen LogP contribution in [0.4, 0.5) is 5.69 Å². The molecule has 3 aromatic carbocycles. The summed E-state index contributed by atoms with van der Waals surface area (Å²) in [6.07, 6.45) is 1.19. The number of hydrogen-bond acceptors (Lipinski definition) is 9. The van der Waals surface area contributed by atoms with E-state index in [0.29, 0.717) is 18.5 Å². The lowest BCUT2D eigenvalue weighted by Crippen LogP contribution is -2.41. The number of amides is 2. The Hall–Kier alpha value is -4.00. The molecule has 4 N–H and O–H groups in total. The second kappa shape index (κ2) is 15.3. The zero-order valence-electron chi connectivity index (χ0n) is 25.7. The van der Waals surface area contributed by atoms with E-state index in [4.69, 9.17) is 24.2 Å². The van der Waals surface area contributed by atoms with Crippen LogP contribution in [-0.4, -0.2) is 60.4 Å². The maximum absolute atomic E-state index is 12.3. The molecule has 0 radical (unpaired) electrons. The third-order valence-corrected chi connectivity index (χ3v) is 8.27. The number of anilines is 1. The first-order valence-electron chi connectivity index (χ1n) is 15.2. The van der Waals surface area contributed by atoms with Crippen molar-refractivity contribution >= 4 is 17.5 Å². The summed E-state index contributed by atoms with van der Waals surface area (Å²) in [6, 6.07) is 19.3. The van der Waals surface area contributed by atoms with Gasteiger partial charge in [-0.05, 0) is 59.4 Å². The lowest BCUT2D eigenvalue weighted by Gasteiger charge is -2.39. The minimum absolute atomic E-state index is 0.0197.